The standard InChI is InChI=1S/C16H29N5S.HI/c1-12-6-5-8-21(11-12)9-7-18-16(17-4)19-10-15-20-13(2)14(3)22-15;/h12H,5-11H2,1-4H3,(H2,17,18,19);1H. The van der Waals surface area contributed by atoms with Crippen LogP contribution in [0, 0.1) is 19.8 Å². The van der Waals surface area contributed by atoms with Gasteiger partial charge in [-0.05, 0) is 39.2 Å². The minimum atomic E-state index is 0. The lowest BCUT2D eigenvalue weighted by molar-refractivity contribution is 0.187. The average molecular weight is 451 g/mol. The van der Waals surface area contributed by atoms with Crippen molar-refractivity contribution in [2.75, 3.05) is 33.2 Å². The van der Waals surface area contributed by atoms with Crippen molar-refractivity contribution < 1.29 is 0 Å². The van der Waals surface area contributed by atoms with Crippen LogP contribution < -0.4 is 10.6 Å². The number of guanidine groups is 1. The second kappa shape index (κ2) is 10.5. The molecule has 1 fully saturated rings. The van der Waals surface area contributed by atoms with E-state index in [2.05, 4.69) is 46.3 Å². The highest BCUT2D eigenvalue weighted by molar-refractivity contribution is 14.0. The zero-order valence-corrected chi connectivity index (χ0v) is 17.8. The topological polar surface area (TPSA) is 52.6 Å². The van der Waals surface area contributed by atoms with Crippen LogP contribution in [-0.2, 0) is 6.54 Å². The summed E-state index contributed by atoms with van der Waals surface area (Å²) in [4.78, 5) is 12.7. The Morgan fingerprint density at radius 2 is 2.17 bits per heavy atom. The Bertz CT molecular complexity index is 483. The van der Waals surface area contributed by atoms with E-state index in [1.54, 1.807) is 11.3 Å². The highest BCUT2D eigenvalue weighted by Crippen LogP contribution is 2.16. The van der Waals surface area contributed by atoms with E-state index >= 15 is 0 Å². The lowest BCUT2D eigenvalue weighted by atomic mass is 10.0. The molecule has 23 heavy (non-hydrogen) atoms. The number of halogens is 1. The van der Waals surface area contributed by atoms with Gasteiger partial charge in [-0.25, -0.2) is 4.98 Å². The van der Waals surface area contributed by atoms with E-state index < -0.39 is 0 Å². The molecule has 0 radical (unpaired) electrons. The molecule has 2 N–H and O–H groups in total. The molecule has 2 rings (SSSR count). The minimum absolute atomic E-state index is 0. The molecule has 1 aliphatic heterocycles. The van der Waals surface area contributed by atoms with Crippen molar-refractivity contribution in [2.45, 2.75) is 40.2 Å². The van der Waals surface area contributed by atoms with E-state index in [-0.39, 0.29) is 24.0 Å². The molecule has 1 unspecified atom stereocenters. The summed E-state index contributed by atoms with van der Waals surface area (Å²) in [6.07, 6.45) is 2.71. The summed E-state index contributed by atoms with van der Waals surface area (Å²) >= 11 is 1.75. The summed E-state index contributed by atoms with van der Waals surface area (Å²) in [5.74, 6) is 1.69. The lowest BCUT2D eigenvalue weighted by Crippen LogP contribution is -2.43. The summed E-state index contributed by atoms with van der Waals surface area (Å²) in [6.45, 7) is 11.7. The van der Waals surface area contributed by atoms with E-state index in [4.69, 9.17) is 0 Å². The van der Waals surface area contributed by atoms with Crippen LogP contribution in [0.15, 0.2) is 4.99 Å². The average Bonchev–Trinajstić information content (AvgIpc) is 2.81. The number of aryl methyl sites for hydroxylation is 2. The highest BCUT2D eigenvalue weighted by atomic mass is 127. The molecule has 1 aliphatic rings. The second-order valence-corrected chi connectivity index (χ2v) is 7.44. The first-order valence-electron chi connectivity index (χ1n) is 8.18. The molecule has 0 bridgehead atoms. The molecular formula is C16H30IN5S. The molecule has 0 saturated carbocycles. The highest BCUT2D eigenvalue weighted by Gasteiger charge is 2.15. The normalized spacial score (nSPS) is 19.3. The van der Waals surface area contributed by atoms with Crippen molar-refractivity contribution in [3.05, 3.63) is 15.6 Å². The van der Waals surface area contributed by atoms with Crippen molar-refractivity contribution in [3.63, 3.8) is 0 Å². The molecule has 0 aromatic carbocycles. The smallest absolute Gasteiger partial charge is 0.191 e. The second-order valence-electron chi connectivity index (χ2n) is 6.15. The van der Waals surface area contributed by atoms with Gasteiger partial charge in [0.2, 0.25) is 0 Å². The van der Waals surface area contributed by atoms with Gasteiger partial charge >= 0.3 is 0 Å². The van der Waals surface area contributed by atoms with Crippen LogP contribution in [0.2, 0.25) is 0 Å². The summed E-state index contributed by atoms with van der Waals surface area (Å²) in [5, 5.41) is 7.85. The van der Waals surface area contributed by atoms with Gasteiger partial charge in [0, 0.05) is 31.6 Å². The Hall–Kier alpha value is -0.410. The minimum Gasteiger partial charge on any atom is -0.355 e. The number of nitrogens with zero attached hydrogens (tertiary/aromatic N) is 3. The Morgan fingerprint density at radius 1 is 1.39 bits per heavy atom. The number of hydrogen-bond acceptors (Lipinski definition) is 4. The molecule has 0 aliphatic carbocycles. The molecule has 1 atom stereocenters. The van der Waals surface area contributed by atoms with Gasteiger partial charge in [0.15, 0.2) is 5.96 Å². The predicted octanol–water partition coefficient (Wildman–Crippen LogP) is 2.77. The van der Waals surface area contributed by atoms with Crippen molar-refractivity contribution in [1.29, 1.82) is 0 Å². The van der Waals surface area contributed by atoms with Crippen LogP contribution in [0.3, 0.4) is 0 Å². The van der Waals surface area contributed by atoms with Gasteiger partial charge in [-0.15, -0.1) is 35.3 Å². The molecule has 0 spiro atoms. The first-order valence-corrected chi connectivity index (χ1v) is 9.00. The van der Waals surface area contributed by atoms with Gasteiger partial charge in [-0.1, -0.05) is 6.92 Å². The molecule has 5 nitrogen and oxygen atoms in total. The van der Waals surface area contributed by atoms with Crippen LogP contribution in [-0.4, -0.2) is 49.1 Å². The van der Waals surface area contributed by atoms with E-state index in [0.29, 0.717) is 0 Å². The molecule has 1 aromatic heterocycles. The maximum Gasteiger partial charge on any atom is 0.191 e. The Morgan fingerprint density at radius 3 is 2.78 bits per heavy atom. The molecule has 132 valence electrons. The zero-order chi connectivity index (χ0) is 15.9. The van der Waals surface area contributed by atoms with E-state index in [9.17, 15) is 0 Å². The maximum absolute atomic E-state index is 4.54. The fourth-order valence-electron chi connectivity index (χ4n) is 2.82. The predicted molar refractivity (Wildman–Crippen MR) is 110 cm³/mol. The molecule has 0 amide bonds. The molecule has 2 heterocycles. The third kappa shape index (κ3) is 6.93. The number of hydrogen-bond donors (Lipinski definition) is 2. The molecule has 1 aromatic rings. The van der Waals surface area contributed by atoms with Gasteiger partial charge in [0.05, 0.1) is 12.2 Å². The fraction of sp³-hybridized carbons (Fsp3) is 0.750. The summed E-state index contributed by atoms with van der Waals surface area (Å²) < 4.78 is 0. The molecule has 7 heteroatoms. The van der Waals surface area contributed by atoms with Gasteiger partial charge in [0.25, 0.3) is 0 Å². The first kappa shape index (κ1) is 20.6. The third-order valence-electron chi connectivity index (χ3n) is 4.17. The number of thiazole rings is 1. The Kier molecular flexibility index (Phi) is 9.38. The van der Waals surface area contributed by atoms with Crippen LogP contribution in [0.5, 0.6) is 0 Å². The van der Waals surface area contributed by atoms with Gasteiger partial charge in [-0.2, -0.15) is 0 Å². The van der Waals surface area contributed by atoms with Crippen LogP contribution >= 0.6 is 35.3 Å². The Balaban J connectivity index is 0.00000264. The third-order valence-corrected chi connectivity index (χ3v) is 5.24. The fourth-order valence-corrected chi connectivity index (χ4v) is 3.69. The van der Waals surface area contributed by atoms with Gasteiger partial charge in [-0.3, -0.25) is 4.99 Å². The summed E-state index contributed by atoms with van der Waals surface area (Å²) in [5.41, 5.74) is 1.13. The van der Waals surface area contributed by atoms with E-state index in [1.165, 1.54) is 30.8 Å². The lowest BCUT2D eigenvalue weighted by Gasteiger charge is -2.30. The first-order chi connectivity index (χ1) is 10.6. The molecule has 1 saturated heterocycles. The molecular weight excluding hydrogens is 421 g/mol. The zero-order valence-electron chi connectivity index (χ0n) is 14.7. The SMILES string of the molecule is CN=C(NCCN1CCCC(C)C1)NCc1nc(C)c(C)s1.I. The van der Waals surface area contributed by atoms with Crippen LogP contribution in [0.25, 0.3) is 0 Å². The van der Waals surface area contributed by atoms with Gasteiger partial charge < -0.3 is 15.5 Å². The maximum atomic E-state index is 4.54. The van der Waals surface area contributed by atoms with Crippen molar-refractivity contribution in [2.24, 2.45) is 10.9 Å². The number of aromatic nitrogens is 1. The number of aliphatic imine (C=N–C) groups is 1. The van der Waals surface area contributed by atoms with E-state index in [1.807, 2.05) is 7.05 Å². The Labute approximate surface area is 161 Å². The van der Waals surface area contributed by atoms with Gasteiger partial charge in [0.1, 0.15) is 5.01 Å². The van der Waals surface area contributed by atoms with Crippen molar-refractivity contribution in [3.8, 4) is 0 Å². The van der Waals surface area contributed by atoms with Crippen molar-refractivity contribution >= 4 is 41.3 Å². The monoisotopic (exact) mass is 451 g/mol. The number of nitrogens with one attached hydrogen (secondary N) is 2. The summed E-state index contributed by atoms with van der Waals surface area (Å²) in [6, 6.07) is 0. The summed E-state index contributed by atoms with van der Waals surface area (Å²) in [7, 11) is 1.82. The van der Waals surface area contributed by atoms with E-state index in [0.717, 1.165) is 42.2 Å². The number of piperidine rings is 1. The quantitative estimate of drug-likeness (QED) is 0.411. The largest absolute Gasteiger partial charge is 0.355 e. The van der Waals surface area contributed by atoms with Crippen molar-refractivity contribution in [1.82, 2.24) is 20.5 Å². The number of rotatable bonds is 5. The van der Waals surface area contributed by atoms with Crippen LogP contribution in [0.1, 0.15) is 35.3 Å². The van der Waals surface area contributed by atoms with Crippen LogP contribution in [0.4, 0.5) is 0 Å². The number of likely N-dealkylation sites (tertiary alicyclic amines) is 1.